The first-order valence-electron chi connectivity index (χ1n) is 8.64. The van der Waals surface area contributed by atoms with Gasteiger partial charge in [0.05, 0.1) is 11.7 Å². The van der Waals surface area contributed by atoms with Crippen LogP contribution in [0.1, 0.15) is 44.5 Å². The van der Waals surface area contributed by atoms with Crippen molar-refractivity contribution in [3.05, 3.63) is 81.1 Å². The van der Waals surface area contributed by atoms with Gasteiger partial charge < -0.3 is 10.1 Å². The van der Waals surface area contributed by atoms with Gasteiger partial charge in [0.15, 0.2) is 0 Å². The Morgan fingerprint density at radius 3 is 2.67 bits per heavy atom. The Kier molecular flexibility index (Phi) is 5.86. The molecular weight excluding hydrogens is 363 g/mol. The number of hydrogen-bond donors (Lipinski definition) is 1. The van der Waals surface area contributed by atoms with Crippen molar-refractivity contribution in [3.8, 4) is 5.75 Å². The number of nitrogens with zero attached hydrogens (tertiary/aromatic N) is 1. The number of nitrogens with one attached hydrogen (secondary N) is 1. The van der Waals surface area contributed by atoms with Crippen LogP contribution in [0, 0.1) is 19.7 Å². The lowest BCUT2D eigenvalue weighted by Crippen LogP contribution is -2.26. The van der Waals surface area contributed by atoms with Crippen LogP contribution in [0.3, 0.4) is 0 Å². The lowest BCUT2D eigenvalue weighted by Gasteiger charge is -2.13. The highest BCUT2D eigenvalue weighted by atomic mass is 32.1. The number of aryl methyl sites for hydroxylation is 2. The van der Waals surface area contributed by atoms with Crippen LogP contribution in [0.2, 0.25) is 0 Å². The number of aromatic nitrogens is 1. The van der Waals surface area contributed by atoms with Gasteiger partial charge in [-0.25, -0.2) is 9.37 Å². The Labute approximate surface area is 162 Å². The number of halogens is 1. The maximum Gasteiger partial charge on any atom is 0.263 e. The molecule has 3 rings (SSSR count). The fourth-order valence-electron chi connectivity index (χ4n) is 2.67. The topological polar surface area (TPSA) is 51.2 Å². The number of hydrogen-bond acceptors (Lipinski definition) is 4. The summed E-state index contributed by atoms with van der Waals surface area (Å²) in [6, 6.07) is 13.7. The molecule has 0 aliphatic carbocycles. The van der Waals surface area contributed by atoms with Crippen LogP contribution in [-0.2, 0) is 6.61 Å². The van der Waals surface area contributed by atoms with Gasteiger partial charge in [0, 0.05) is 0 Å². The third-order valence-corrected chi connectivity index (χ3v) is 5.25. The molecule has 3 aromatic rings. The van der Waals surface area contributed by atoms with Crippen molar-refractivity contribution in [2.45, 2.75) is 33.4 Å². The number of ether oxygens (including phenoxy) is 1. The van der Waals surface area contributed by atoms with E-state index in [2.05, 4.69) is 10.3 Å². The Morgan fingerprint density at radius 2 is 1.96 bits per heavy atom. The molecule has 2 aromatic carbocycles. The van der Waals surface area contributed by atoms with Crippen LogP contribution < -0.4 is 10.1 Å². The Bertz CT molecular complexity index is 938. The zero-order valence-corrected chi connectivity index (χ0v) is 16.3. The molecule has 140 valence electrons. The van der Waals surface area contributed by atoms with Crippen molar-refractivity contribution >= 4 is 17.2 Å². The number of carbonyl (C=O) groups is 1. The summed E-state index contributed by atoms with van der Waals surface area (Å²) in [5.74, 6) is 0.288. The normalized spacial score (nSPS) is 11.9. The second-order valence-corrected chi connectivity index (χ2v) is 7.46. The SMILES string of the molecule is Cc1cccc(OCc2nc(C)c(C(=O)NC(C)c3ccc(F)cc3)s2)c1. The highest BCUT2D eigenvalue weighted by Gasteiger charge is 2.18. The lowest BCUT2D eigenvalue weighted by molar-refractivity contribution is 0.0943. The van der Waals surface area contributed by atoms with Crippen LogP contribution in [0.4, 0.5) is 4.39 Å². The first kappa shape index (κ1) is 19.0. The number of benzene rings is 2. The molecule has 0 aliphatic rings. The van der Waals surface area contributed by atoms with Crippen molar-refractivity contribution < 1.29 is 13.9 Å². The summed E-state index contributed by atoms with van der Waals surface area (Å²) in [5, 5.41) is 3.68. The molecule has 1 aromatic heterocycles. The first-order chi connectivity index (χ1) is 12.9. The summed E-state index contributed by atoms with van der Waals surface area (Å²) in [6.07, 6.45) is 0. The highest BCUT2D eigenvalue weighted by molar-refractivity contribution is 7.13. The number of rotatable bonds is 6. The maximum atomic E-state index is 13.0. The molecule has 0 fully saturated rings. The standard InChI is InChI=1S/C21H21FN2O2S/c1-13-5-4-6-18(11-13)26-12-19-23-15(3)20(27-19)21(25)24-14(2)16-7-9-17(22)10-8-16/h4-11,14H,12H2,1-3H3,(H,24,25). The summed E-state index contributed by atoms with van der Waals surface area (Å²) < 4.78 is 18.8. The van der Waals surface area contributed by atoms with Crippen LogP contribution in [0.5, 0.6) is 5.75 Å². The first-order valence-corrected chi connectivity index (χ1v) is 9.46. The van der Waals surface area contributed by atoms with Gasteiger partial charge in [-0.05, 0) is 56.2 Å². The molecule has 27 heavy (non-hydrogen) atoms. The van der Waals surface area contributed by atoms with Crippen LogP contribution >= 0.6 is 11.3 Å². The zero-order chi connectivity index (χ0) is 19.4. The molecule has 6 heteroatoms. The second-order valence-electron chi connectivity index (χ2n) is 6.37. The Balaban J connectivity index is 1.64. The predicted molar refractivity (Wildman–Crippen MR) is 105 cm³/mol. The van der Waals surface area contributed by atoms with E-state index < -0.39 is 0 Å². The fourth-order valence-corrected chi connectivity index (χ4v) is 3.55. The van der Waals surface area contributed by atoms with E-state index in [1.807, 2.05) is 45.0 Å². The molecule has 1 atom stereocenters. The van der Waals surface area contributed by atoms with Crippen molar-refractivity contribution in [1.29, 1.82) is 0 Å². The molecule has 0 spiro atoms. The van der Waals surface area contributed by atoms with Gasteiger partial charge in [-0.1, -0.05) is 24.3 Å². The fraction of sp³-hybridized carbons (Fsp3) is 0.238. The third kappa shape index (κ3) is 4.92. The van der Waals surface area contributed by atoms with Gasteiger partial charge >= 0.3 is 0 Å². The van der Waals surface area contributed by atoms with Gasteiger partial charge in [0.2, 0.25) is 0 Å². The van der Waals surface area contributed by atoms with Crippen molar-refractivity contribution in [1.82, 2.24) is 10.3 Å². The molecule has 0 saturated carbocycles. The Hall–Kier alpha value is -2.73. The zero-order valence-electron chi connectivity index (χ0n) is 15.5. The average molecular weight is 384 g/mol. The molecule has 1 heterocycles. The minimum Gasteiger partial charge on any atom is -0.486 e. The van der Waals surface area contributed by atoms with Gasteiger partial charge in [-0.15, -0.1) is 11.3 Å². The molecule has 0 saturated heterocycles. The van der Waals surface area contributed by atoms with Crippen molar-refractivity contribution in [2.24, 2.45) is 0 Å². The molecule has 0 aliphatic heterocycles. The average Bonchev–Trinajstić information content (AvgIpc) is 3.01. The van der Waals surface area contributed by atoms with E-state index in [0.717, 1.165) is 21.9 Å². The number of amides is 1. The largest absolute Gasteiger partial charge is 0.486 e. The monoisotopic (exact) mass is 384 g/mol. The molecule has 0 bridgehead atoms. The van der Waals surface area contributed by atoms with Crippen molar-refractivity contribution in [3.63, 3.8) is 0 Å². The van der Waals surface area contributed by atoms with Crippen LogP contribution in [-0.4, -0.2) is 10.9 Å². The number of thiazole rings is 1. The second kappa shape index (κ2) is 8.31. The molecule has 1 unspecified atom stereocenters. The quantitative estimate of drug-likeness (QED) is 0.653. The van der Waals surface area contributed by atoms with E-state index >= 15 is 0 Å². The summed E-state index contributed by atoms with van der Waals surface area (Å²) in [4.78, 5) is 17.6. The maximum absolute atomic E-state index is 13.0. The lowest BCUT2D eigenvalue weighted by atomic mass is 10.1. The van der Waals surface area contributed by atoms with Gasteiger partial charge in [-0.3, -0.25) is 4.79 Å². The van der Waals surface area contributed by atoms with Gasteiger partial charge in [0.1, 0.15) is 28.1 Å². The summed E-state index contributed by atoms with van der Waals surface area (Å²) in [6.45, 7) is 5.99. The van der Waals surface area contributed by atoms with E-state index in [1.54, 1.807) is 12.1 Å². The molecule has 1 amide bonds. The van der Waals surface area contributed by atoms with Crippen LogP contribution in [0.25, 0.3) is 0 Å². The Morgan fingerprint density at radius 1 is 1.22 bits per heavy atom. The third-order valence-electron chi connectivity index (χ3n) is 4.12. The summed E-state index contributed by atoms with van der Waals surface area (Å²) >= 11 is 1.32. The smallest absolute Gasteiger partial charge is 0.263 e. The van der Waals surface area contributed by atoms with E-state index in [0.29, 0.717) is 17.2 Å². The van der Waals surface area contributed by atoms with Crippen LogP contribution in [0.15, 0.2) is 48.5 Å². The minimum atomic E-state index is -0.297. The summed E-state index contributed by atoms with van der Waals surface area (Å²) in [5.41, 5.74) is 2.64. The molecule has 0 radical (unpaired) electrons. The van der Waals surface area contributed by atoms with Gasteiger partial charge in [0.25, 0.3) is 5.91 Å². The van der Waals surface area contributed by atoms with E-state index in [-0.39, 0.29) is 17.8 Å². The highest BCUT2D eigenvalue weighted by Crippen LogP contribution is 2.22. The van der Waals surface area contributed by atoms with Gasteiger partial charge in [-0.2, -0.15) is 0 Å². The van der Waals surface area contributed by atoms with E-state index in [4.69, 9.17) is 4.74 Å². The number of carbonyl (C=O) groups excluding carboxylic acids is 1. The van der Waals surface area contributed by atoms with E-state index in [1.165, 1.54) is 23.5 Å². The van der Waals surface area contributed by atoms with E-state index in [9.17, 15) is 9.18 Å². The van der Waals surface area contributed by atoms with Crippen molar-refractivity contribution in [2.75, 3.05) is 0 Å². The molecule has 4 nitrogen and oxygen atoms in total. The molecule has 1 N–H and O–H groups in total. The predicted octanol–water partition coefficient (Wildman–Crippen LogP) is 4.97. The summed E-state index contributed by atoms with van der Waals surface area (Å²) in [7, 11) is 0. The minimum absolute atomic E-state index is 0.191. The molecular formula is C21H21FN2O2S.